The van der Waals surface area contributed by atoms with Gasteiger partial charge in [-0.15, -0.1) is 0 Å². The second kappa shape index (κ2) is 14.2. The molecule has 0 unspecified atom stereocenters. The number of aliphatic hydroxyl groups is 1. The van der Waals surface area contributed by atoms with Crippen LogP contribution in [0.2, 0.25) is 0 Å². The number of alkyl carbamates (subject to hydrolysis) is 1. The summed E-state index contributed by atoms with van der Waals surface area (Å²) in [5, 5.41) is 15.4. The monoisotopic (exact) mass is 497 g/mol. The molecule has 3 atom stereocenters. The SMILES string of the molecule is COCCC[C@H](O)NC(=O)[C@@H]1CCCN1C(=O)[C@@H](Cc1ccccc1)NC(=O)OCc1ccccc1. The van der Waals surface area contributed by atoms with Crippen LogP contribution < -0.4 is 10.6 Å². The highest BCUT2D eigenvalue weighted by atomic mass is 16.5. The number of nitrogens with zero attached hydrogens (tertiary/aromatic N) is 1. The molecule has 1 aliphatic rings. The summed E-state index contributed by atoms with van der Waals surface area (Å²) in [5.41, 5.74) is 1.70. The van der Waals surface area contributed by atoms with Gasteiger partial charge in [-0.25, -0.2) is 4.79 Å². The molecule has 1 aliphatic heterocycles. The number of hydrogen-bond acceptors (Lipinski definition) is 6. The van der Waals surface area contributed by atoms with Crippen molar-refractivity contribution in [1.29, 1.82) is 0 Å². The fourth-order valence-corrected chi connectivity index (χ4v) is 4.21. The number of amides is 3. The van der Waals surface area contributed by atoms with Gasteiger partial charge in [0, 0.05) is 26.7 Å². The number of benzene rings is 2. The zero-order valence-electron chi connectivity index (χ0n) is 20.6. The van der Waals surface area contributed by atoms with Crippen molar-refractivity contribution in [3.63, 3.8) is 0 Å². The number of methoxy groups -OCH3 is 1. The van der Waals surface area contributed by atoms with Gasteiger partial charge >= 0.3 is 6.09 Å². The Kier molecular flexibility index (Phi) is 10.7. The molecule has 3 amide bonds. The van der Waals surface area contributed by atoms with Gasteiger partial charge in [-0.2, -0.15) is 0 Å². The van der Waals surface area contributed by atoms with Gasteiger partial charge in [-0.05, 0) is 36.8 Å². The van der Waals surface area contributed by atoms with Gasteiger partial charge in [0.2, 0.25) is 11.8 Å². The van der Waals surface area contributed by atoms with Gasteiger partial charge in [0.1, 0.15) is 24.9 Å². The lowest BCUT2D eigenvalue weighted by Gasteiger charge is -2.29. The topological polar surface area (TPSA) is 117 Å². The van der Waals surface area contributed by atoms with Gasteiger partial charge in [-0.1, -0.05) is 60.7 Å². The Morgan fingerprint density at radius 1 is 1.03 bits per heavy atom. The van der Waals surface area contributed by atoms with E-state index in [2.05, 4.69) is 10.6 Å². The number of ether oxygens (including phenoxy) is 2. The minimum absolute atomic E-state index is 0.0780. The Morgan fingerprint density at radius 3 is 2.36 bits per heavy atom. The van der Waals surface area contributed by atoms with Crippen molar-refractivity contribution in [2.75, 3.05) is 20.3 Å². The molecule has 2 aromatic carbocycles. The van der Waals surface area contributed by atoms with E-state index < -0.39 is 30.3 Å². The van der Waals surface area contributed by atoms with Crippen molar-refractivity contribution in [2.45, 2.75) is 57.0 Å². The lowest BCUT2D eigenvalue weighted by atomic mass is 10.0. The largest absolute Gasteiger partial charge is 0.445 e. The first-order chi connectivity index (χ1) is 17.5. The number of rotatable bonds is 12. The minimum Gasteiger partial charge on any atom is -0.445 e. The van der Waals surface area contributed by atoms with Crippen molar-refractivity contribution in [3.8, 4) is 0 Å². The maximum absolute atomic E-state index is 13.6. The molecule has 9 nitrogen and oxygen atoms in total. The number of aliphatic hydroxyl groups excluding tert-OH is 1. The third kappa shape index (κ3) is 8.35. The molecule has 194 valence electrons. The predicted molar refractivity (Wildman–Crippen MR) is 134 cm³/mol. The van der Waals surface area contributed by atoms with Crippen LogP contribution >= 0.6 is 0 Å². The molecule has 2 aromatic rings. The third-order valence-electron chi connectivity index (χ3n) is 6.06. The van der Waals surface area contributed by atoms with E-state index in [1.165, 1.54) is 4.90 Å². The molecule has 1 heterocycles. The van der Waals surface area contributed by atoms with E-state index >= 15 is 0 Å². The van der Waals surface area contributed by atoms with Crippen LogP contribution in [-0.4, -0.2) is 66.5 Å². The molecule has 1 fully saturated rings. The van der Waals surface area contributed by atoms with Crippen molar-refractivity contribution >= 4 is 17.9 Å². The molecule has 36 heavy (non-hydrogen) atoms. The number of hydrogen-bond donors (Lipinski definition) is 3. The molecular weight excluding hydrogens is 462 g/mol. The highest BCUT2D eigenvalue weighted by Crippen LogP contribution is 2.20. The highest BCUT2D eigenvalue weighted by molar-refractivity contribution is 5.92. The summed E-state index contributed by atoms with van der Waals surface area (Å²) in [6.07, 6.45) is 0.618. The molecule has 1 saturated heterocycles. The van der Waals surface area contributed by atoms with Gasteiger partial charge in [0.05, 0.1) is 0 Å². The summed E-state index contributed by atoms with van der Waals surface area (Å²) in [6.45, 7) is 0.950. The van der Waals surface area contributed by atoms with Crippen LogP contribution in [-0.2, 0) is 32.1 Å². The van der Waals surface area contributed by atoms with E-state index in [9.17, 15) is 19.5 Å². The normalized spacial score (nSPS) is 16.7. The maximum atomic E-state index is 13.6. The standard InChI is InChI=1S/C27H35N3O6/c1-35-17-9-15-24(31)29-25(32)23-14-8-16-30(23)26(33)22(18-20-10-4-2-5-11-20)28-27(34)36-19-21-12-6-3-7-13-21/h2-7,10-13,22-24,31H,8-9,14-19H2,1H3,(H,28,34)(H,29,32)/t22-,23+,24+/m1/s1. The molecule has 0 aromatic heterocycles. The molecule has 3 N–H and O–H groups in total. The lowest BCUT2D eigenvalue weighted by Crippen LogP contribution is -2.55. The van der Waals surface area contributed by atoms with Crippen LogP contribution in [0.4, 0.5) is 4.79 Å². The maximum Gasteiger partial charge on any atom is 0.408 e. The summed E-state index contributed by atoms with van der Waals surface area (Å²) in [4.78, 5) is 40.5. The fraction of sp³-hybridized carbons (Fsp3) is 0.444. The van der Waals surface area contributed by atoms with Gasteiger partial charge in [-0.3, -0.25) is 9.59 Å². The van der Waals surface area contributed by atoms with Crippen LogP contribution in [0.3, 0.4) is 0 Å². The summed E-state index contributed by atoms with van der Waals surface area (Å²) in [6, 6.07) is 17.0. The molecular formula is C27H35N3O6. The van der Waals surface area contributed by atoms with Gasteiger partial charge < -0.3 is 30.1 Å². The van der Waals surface area contributed by atoms with Crippen molar-refractivity contribution in [1.82, 2.24) is 15.5 Å². The number of nitrogens with one attached hydrogen (secondary N) is 2. The molecule has 0 spiro atoms. The summed E-state index contributed by atoms with van der Waals surface area (Å²) in [7, 11) is 1.57. The zero-order chi connectivity index (χ0) is 25.8. The Labute approximate surface area is 211 Å². The van der Waals surface area contributed by atoms with Crippen LogP contribution in [0, 0.1) is 0 Å². The van der Waals surface area contributed by atoms with E-state index in [0.717, 1.165) is 11.1 Å². The average Bonchev–Trinajstić information content (AvgIpc) is 3.38. The third-order valence-corrected chi connectivity index (χ3v) is 6.06. The van der Waals surface area contributed by atoms with Crippen LogP contribution in [0.5, 0.6) is 0 Å². The van der Waals surface area contributed by atoms with E-state index in [-0.39, 0.29) is 18.9 Å². The first-order valence-corrected chi connectivity index (χ1v) is 12.3. The number of carbonyl (C=O) groups is 3. The van der Waals surface area contributed by atoms with Crippen LogP contribution in [0.25, 0.3) is 0 Å². The van der Waals surface area contributed by atoms with Crippen LogP contribution in [0.1, 0.15) is 36.8 Å². The number of likely N-dealkylation sites (tertiary alicyclic amines) is 1. The van der Waals surface area contributed by atoms with Crippen LogP contribution in [0.15, 0.2) is 60.7 Å². The van der Waals surface area contributed by atoms with Crippen molar-refractivity contribution in [2.24, 2.45) is 0 Å². The van der Waals surface area contributed by atoms with E-state index in [1.807, 2.05) is 60.7 Å². The smallest absolute Gasteiger partial charge is 0.408 e. The zero-order valence-corrected chi connectivity index (χ0v) is 20.6. The quantitative estimate of drug-likeness (QED) is 0.306. The second-order valence-electron chi connectivity index (χ2n) is 8.80. The predicted octanol–water partition coefficient (Wildman–Crippen LogP) is 2.38. The molecule has 3 rings (SSSR count). The minimum atomic E-state index is -1.02. The summed E-state index contributed by atoms with van der Waals surface area (Å²) < 4.78 is 10.3. The van der Waals surface area contributed by atoms with Crippen molar-refractivity contribution < 1.29 is 29.0 Å². The Bertz CT molecular complexity index is 972. The summed E-state index contributed by atoms with van der Waals surface area (Å²) >= 11 is 0. The Hall–Kier alpha value is -3.43. The van der Waals surface area contributed by atoms with Crippen molar-refractivity contribution in [3.05, 3.63) is 71.8 Å². The first-order valence-electron chi connectivity index (χ1n) is 12.3. The fourth-order valence-electron chi connectivity index (χ4n) is 4.21. The molecule has 9 heteroatoms. The molecule has 0 radical (unpaired) electrons. The Morgan fingerprint density at radius 2 is 1.69 bits per heavy atom. The molecule has 0 saturated carbocycles. The average molecular weight is 498 g/mol. The van der Waals surface area contributed by atoms with E-state index in [0.29, 0.717) is 38.8 Å². The van der Waals surface area contributed by atoms with E-state index in [1.54, 1.807) is 7.11 Å². The highest BCUT2D eigenvalue weighted by Gasteiger charge is 2.38. The van der Waals surface area contributed by atoms with Gasteiger partial charge in [0.15, 0.2) is 0 Å². The second-order valence-corrected chi connectivity index (χ2v) is 8.80. The first kappa shape index (κ1) is 27.2. The lowest BCUT2D eigenvalue weighted by molar-refractivity contribution is -0.141. The molecule has 0 bridgehead atoms. The summed E-state index contributed by atoms with van der Waals surface area (Å²) in [5.74, 6) is -0.766. The van der Waals surface area contributed by atoms with E-state index in [4.69, 9.17) is 9.47 Å². The molecule has 0 aliphatic carbocycles. The Balaban J connectivity index is 1.65. The van der Waals surface area contributed by atoms with Gasteiger partial charge in [0.25, 0.3) is 0 Å². The number of carbonyl (C=O) groups excluding carboxylic acids is 3.